The third kappa shape index (κ3) is 123. The second kappa shape index (κ2) is 109. The number of carbonyl (C=O) groups is 6. The van der Waals surface area contributed by atoms with Crippen LogP contribution >= 0.6 is 0 Å². The lowest BCUT2D eigenvalue weighted by Crippen LogP contribution is -2.35. The van der Waals surface area contributed by atoms with Crippen LogP contribution in [0.3, 0.4) is 0 Å². The molecule has 0 bridgehead atoms. The molecule has 672 valence electrons. The van der Waals surface area contributed by atoms with Crippen molar-refractivity contribution in [2.45, 2.75) is 541 Å². The summed E-state index contributed by atoms with van der Waals surface area (Å²) >= 11 is 0. The molecule has 0 aliphatic rings. The van der Waals surface area contributed by atoms with Crippen molar-refractivity contribution in [1.82, 2.24) is 4.90 Å². The Kier molecular flexibility index (Phi) is 113. The minimum Gasteiger partial charge on any atom is -0.481 e. The first-order valence-corrected chi connectivity index (χ1v) is 49.1. The molecule has 0 amide bonds. The molecule has 1 unspecified atom stereocenters. The number of Topliss-reactive ketones (excluding diaryl/α,β-unsaturated/α-hetero) is 1. The maximum Gasteiger partial charge on any atom is 0.320 e. The van der Waals surface area contributed by atoms with Crippen molar-refractivity contribution in [1.29, 1.82) is 0 Å². The lowest BCUT2D eigenvalue weighted by Gasteiger charge is -2.19. The molecule has 0 aromatic rings. The van der Waals surface area contributed by atoms with Crippen LogP contribution in [0.5, 0.6) is 0 Å². The van der Waals surface area contributed by atoms with E-state index in [2.05, 4.69) is 95.4 Å². The number of likely N-dealkylation sites (N-methyl/N-ethyl adjacent to an activating group) is 1. The van der Waals surface area contributed by atoms with Gasteiger partial charge in [0.1, 0.15) is 11.8 Å². The van der Waals surface area contributed by atoms with Gasteiger partial charge in [0.25, 0.3) is 0 Å². The van der Waals surface area contributed by atoms with Crippen molar-refractivity contribution in [3.63, 3.8) is 0 Å². The molecule has 114 heavy (non-hydrogen) atoms. The minimum absolute atomic E-state index is 0.319. The van der Waals surface area contributed by atoms with Crippen molar-refractivity contribution in [2.24, 2.45) is 0 Å². The number of aliphatic carboxylic acids is 5. The van der Waals surface area contributed by atoms with Crippen LogP contribution < -0.4 is 0 Å². The fourth-order valence-corrected chi connectivity index (χ4v) is 14.0. The topological polar surface area (TPSA) is 207 Å². The van der Waals surface area contributed by atoms with Gasteiger partial charge in [-0.3, -0.25) is 33.7 Å². The number of unbranched alkanes of at least 4 members (excludes halogenated alkanes) is 60. The van der Waals surface area contributed by atoms with Crippen molar-refractivity contribution < 1.29 is 54.3 Å². The van der Waals surface area contributed by atoms with Gasteiger partial charge in [0.2, 0.25) is 0 Å². The number of carboxylic acids is 5. The van der Waals surface area contributed by atoms with E-state index >= 15 is 0 Å². The Labute approximate surface area is 707 Å². The Hall–Kier alpha value is -4.32. The maximum absolute atomic E-state index is 12.0. The predicted molar refractivity (Wildman–Crippen MR) is 495 cm³/mol. The summed E-state index contributed by atoms with van der Waals surface area (Å²) in [6, 6.07) is -0.411. The zero-order valence-corrected chi connectivity index (χ0v) is 76.6. The minimum atomic E-state index is -0.760. The molecule has 12 heteroatoms. The van der Waals surface area contributed by atoms with Crippen LogP contribution in [-0.2, 0) is 28.8 Å². The fraction of sp³-hybridized carbons (Fsp3) is 0.843. The van der Waals surface area contributed by atoms with Gasteiger partial charge in [0.15, 0.2) is 0 Å². The highest BCUT2D eigenvalue weighted by atomic mass is 16.4. The Bertz CT molecular complexity index is 2100. The first-order valence-electron chi connectivity index (χ1n) is 49.1. The lowest BCUT2D eigenvalue weighted by molar-refractivity contribution is -0.143. The van der Waals surface area contributed by atoms with E-state index < -0.39 is 35.9 Å². The van der Waals surface area contributed by atoms with Gasteiger partial charge >= 0.3 is 29.8 Å². The molecule has 0 radical (unpaired) electrons. The van der Waals surface area contributed by atoms with Crippen molar-refractivity contribution in [2.75, 3.05) is 14.1 Å². The van der Waals surface area contributed by atoms with Crippen LogP contribution in [0.2, 0.25) is 0 Å². The standard InChI is InChI=1S/C26H49NO3.C22H44O2.C22H42O2.C18H30O2.C14H28O2/c1-4-5-6-7-8-9-10-11-12-13-14-15-16-18-21-24(28)22-19-17-20-23-25(26(29)30)27(2)3;2*1-2-3-4-5-6-7-8-9-10-11-12-13-14-15-16-17-18-19-20-21-22(23)24;1-2-3-4-5-6-7-8-9-10-11-12-13-14-15-16-17-18(19)20;1-2-3-4-5-6-7-8-9-10-11-12-13-14(15)16/h11-12,25H,4-10,13-23H2,1-3H3,(H,29,30);2-21H2,1H3,(H,23,24);9-10H,2-8,11-21H2,1H3,(H,23,24);3-4,6-7,9-10H,2,5,8,11-17H2,1H3,(H,19,20);2-13H2,1H3,(H,15,16)/b12-11-;;10-9-;4-3-,7-6-,10-9-;. The van der Waals surface area contributed by atoms with E-state index in [-0.39, 0.29) is 0 Å². The number of hydrogen-bond donors (Lipinski definition) is 5. The monoisotopic (exact) mass is 1610 g/mol. The van der Waals surface area contributed by atoms with Crippen LogP contribution in [0.15, 0.2) is 60.8 Å². The highest BCUT2D eigenvalue weighted by Crippen LogP contribution is 2.20. The van der Waals surface area contributed by atoms with E-state index in [4.69, 9.17) is 25.5 Å². The third-order valence-electron chi connectivity index (χ3n) is 21.5. The number of ketones is 1. The molecule has 0 saturated carbocycles. The van der Waals surface area contributed by atoms with Crippen LogP contribution in [0.25, 0.3) is 0 Å². The summed E-state index contributed by atoms with van der Waals surface area (Å²) in [7, 11) is 3.60. The molecule has 0 aliphatic carbocycles. The first kappa shape index (κ1) is 118. The number of rotatable bonds is 86. The molecule has 0 rings (SSSR count). The van der Waals surface area contributed by atoms with Crippen LogP contribution in [0, 0.1) is 0 Å². The lowest BCUT2D eigenvalue weighted by atomic mass is 10.0. The van der Waals surface area contributed by atoms with Crippen LogP contribution in [0.1, 0.15) is 535 Å². The molecule has 0 aromatic heterocycles. The molecular formula is C102H193NO11. The van der Waals surface area contributed by atoms with Crippen LogP contribution in [0.4, 0.5) is 0 Å². The number of nitrogens with zero attached hydrogens (tertiary/aromatic N) is 1. The third-order valence-corrected chi connectivity index (χ3v) is 21.5. The fourth-order valence-electron chi connectivity index (χ4n) is 14.0. The van der Waals surface area contributed by atoms with Crippen molar-refractivity contribution >= 4 is 35.6 Å². The smallest absolute Gasteiger partial charge is 0.320 e. The summed E-state index contributed by atoms with van der Waals surface area (Å²) in [6.45, 7) is 11.2. The van der Waals surface area contributed by atoms with Gasteiger partial charge < -0.3 is 25.5 Å². The van der Waals surface area contributed by atoms with E-state index in [1.54, 1.807) is 19.0 Å². The SMILES string of the molecule is CC/C=C\C/C=C\C/C=C\CCCCCCCC(=O)O.CCCCCCCC/C=C\CCCCCCC(=O)CCCCCC(C(=O)O)N(C)C.CCCCCCCC/C=C\CCCCCCCCCCCC(=O)O.CCCCCCCCCCCCCC(=O)O.CCCCCCCCCCCCCCCCCCCCCC(=O)O. The Morgan fingerprint density at radius 3 is 0.596 bits per heavy atom. The molecular weight excluding hydrogens is 1420 g/mol. The van der Waals surface area contributed by atoms with E-state index in [9.17, 15) is 28.8 Å². The number of carboxylic acid groups (broad SMARTS) is 5. The van der Waals surface area contributed by atoms with Gasteiger partial charge in [0, 0.05) is 38.5 Å². The summed E-state index contributed by atoms with van der Waals surface area (Å²) in [6.07, 6.45) is 116. The first-order chi connectivity index (χ1) is 55.6. The Balaban J connectivity index is -0.000000440. The average molecular weight is 1610 g/mol. The molecule has 12 nitrogen and oxygen atoms in total. The summed E-state index contributed by atoms with van der Waals surface area (Å²) in [5.41, 5.74) is 0. The molecule has 0 aromatic carbocycles. The van der Waals surface area contributed by atoms with E-state index in [1.165, 1.54) is 340 Å². The van der Waals surface area contributed by atoms with Gasteiger partial charge in [-0.2, -0.15) is 0 Å². The summed E-state index contributed by atoms with van der Waals surface area (Å²) < 4.78 is 0. The van der Waals surface area contributed by atoms with Crippen molar-refractivity contribution in [3.05, 3.63) is 60.8 Å². The molecule has 0 spiro atoms. The van der Waals surface area contributed by atoms with E-state index in [0.29, 0.717) is 50.7 Å². The molecule has 0 fully saturated rings. The van der Waals surface area contributed by atoms with Gasteiger partial charge in [-0.25, -0.2) is 0 Å². The number of hydrogen-bond acceptors (Lipinski definition) is 7. The quantitative estimate of drug-likeness (QED) is 0.0285. The van der Waals surface area contributed by atoms with Gasteiger partial charge in [-0.1, -0.05) is 429 Å². The number of carbonyl (C=O) groups excluding carboxylic acids is 1. The maximum atomic E-state index is 12.0. The zero-order valence-electron chi connectivity index (χ0n) is 76.6. The molecule has 0 heterocycles. The van der Waals surface area contributed by atoms with Crippen molar-refractivity contribution in [3.8, 4) is 0 Å². The largest absolute Gasteiger partial charge is 0.481 e. The highest BCUT2D eigenvalue weighted by molar-refractivity contribution is 5.78. The van der Waals surface area contributed by atoms with Gasteiger partial charge in [-0.05, 0) is 143 Å². The normalized spacial score (nSPS) is 11.6. The Morgan fingerprint density at radius 1 is 0.219 bits per heavy atom. The predicted octanol–water partition coefficient (Wildman–Crippen LogP) is 33.2. The summed E-state index contributed by atoms with van der Waals surface area (Å²) in [5.74, 6) is -3.03. The van der Waals surface area contributed by atoms with Gasteiger partial charge in [0.05, 0.1) is 0 Å². The highest BCUT2D eigenvalue weighted by Gasteiger charge is 2.19. The molecule has 1 atom stereocenters. The Morgan fingerprint density at radius 2 is 0.395 bits per heavy atom. The van der Waals surface area contributed by atoms with E-state index in [1.807, 2.05) is 0 Å². The number of allylic oxidation sites excluding steroid dienone is 10. The zero-order chi connectivity index (χ0) is 84.8. The average Bonchev–Trinajstić information content (AvgIpc) is 0.939. The summed E-state index contributed by atoms with van der Waals surface area (Å²) in [4.78, 5) is 66.2. The molecule has 0 saturated heterocycles. The molecule has 5 N–H and O–H groups in total. The summed E-state index contributed by atoms with van der Waals surface area (Å²) in [5, 5.41) is 43.2. The second-order valence-corrected chi connectivity index (χ2v) is 33.3. The second-order valence-electron chi connectivity index (χ2n) is 33.3. The molecule has 0 aliphatic heterocycles. The van der Waals surface area contributed by atoms with E-state index in [0.717, 1.165) is 116 Å². The van der Waals surface area contributed by atoms with Crippen LogP contribution in [-0.4, -0.2) is 86.2 Å². The van der Waals surface area contributed by atoms with Gasteiger partial charge in [-0.15, -0.1) is 0 Å².